The number of halogens is 2. The van der Waals surface area contributed by atoms with E-state index in [1.165, 1.54) is 38.0 Å². The van der Waals surface area contributed by atoms with Crippen LogP contribution in [0.5, 0.6) is 11.5 Å². The number of rotatable bonds is 7. The van der Waals surface area contributed by atoms with E-state index < -0.39 is 155 Å². The minimum Gasteiger partial charge on any atom is -0.508 e. The Bertz CT molecular complexity index is 3090. The number of hydrogen-bond donors (Lipinski definition) is 12. The number of nitrogen functional groups attached to an aromatic ring is 1. The number of benzene rings is 2. The third-order valence-corrected chi connectivity index (χ3v) is 16.0. The average Bonchev–Trinajstić information content (AvgIpc) is 3.79. The van der Waals surface area contributed by atoms with Gasteiger partial charge in [-0.3, -0.25) is 48.3 Å². The number of phenolic OH excluding ortho intramolecular Hbond substituents is 2. The Morgan fingerprint density at radius 1 is 0.689 bits per heavy atom. The zero-order valence-electron chi connectivity index (χ0n) is 41.1. The van der Waals surface area contributed by atoms with Crippen molar-refractivity contribution in [3.63, 3.8) is 0 Å². The fraction of sp³-hybridized carbons (Fsp3) is 0.460. The number of Topliss-reactive ketones (excluding diaryl/α,β-unsaturated/α-hetero) is 4. The molecular weight excluding hydrogens is 977 g/mol. The van der Waals surface area contributed by atoms with Crippen LogP contribution < -0.4 is 22.5 Å². The highest BCUT2D eigenvalue weighted by molar-refractivity contribution is 6.26. The number of likely N-dealkylation sites (N-methyl/N-ethyl adjacent to an activating group) is 2. The molecule has 396 valence electrons. The molecule has 3 fully saturated rings. The van der Waals surface area contributed by atoms with E-state index in [1.54, 1.807) is 13.8 Å². The van der Waals surface area contributed by atoms with Gasteiger partial charge in [0.05, 0.1) is 41.1 Å². The van der Waals surface area contributed by atoms with Crippen LogP contribution in [0.4, 0.5) is 20.2 Å². The third-order valence-electron chi connectivity index (χ3n) is 16.0. The van der Waals surface area contributed by atoms with Gasteiger partial charge in [0.1, 0.15) is 51.6 Å². The number of ketones is 4. The number of nitrogens with two attached hydrogens (primary N) is 3. The third kappa shape index (κ3) is 7.47. The second-order valence-electron chi connectivity index (χ2n) is 21.2. The summed E-state index contributed by atoms with van der Waals surface area (Å²) in [5.74, 6) is -16.8. The van der Waals surface area contributed by atoms with Crippen molar-refractivity contribution in [2.75, 3.05) is 58.9 Å². The van der Waals surface area contributed by atoms with E-state index >= 15 is 4.39 Å². The zero-order valence-corrected chi connectivity index (χ0v) is 41.1. The number of phenols is 2. The van der Waals surface area contributed by atoms with Crippen molar-refractivity contribution in [2.45, 2.75) is 75.7 Å². The van der Waals surface area contributed by atoms with Gasteiger partial charge in [-0.25, -0.2) is 8.78 Å². The van der Waals surface area contributed by atoms with Crippen LogP contribution in [0.2, 0.25) is 0 Å². The van der Waals surface area contributed by atoms with Crippen LogP contribution in [0.25, 0.3) is 11.5 Å². The number of likely N-dealkylation sites (tertiary alicyclic amines) is 1. The summed E-state index contributed by atoms with van der Waals surface area (Å²) in [6.07, 6.45) is 1.17. The number of fused-ring (bicyclic) bond motifs is 6. The first-order valence-corrected chi connectivity index (χ1v) is 23.5. The van der Waals surface area contributed by atoms with E-state index in [9.17, 15) is 78.8 Å². The highest BCUT2D eigenvalue weighted by Gasteiger charge is 2.68. The molecule has 2 aromatic rings. The molecule has 8 atom stereocenters. The minimum absolute atomic E-state index is 0.0236. The van der Waals surface area contributed by atoms with Crippen molar-refractivity contribution >= 4 is 63.7 Å². The summed E-state index contributed by atoms with van der Waals surface area (Å²) in [7, 11) is 5.98. The highest BCUT2D eigenvalue weighted by atomic mass is 19.1. The lowest BCUT2D eigenvalue weighted by Crippen LogP contribution is -2.67. The van der Waals surface area contributed by atoms with E-state index in [0.29, 0.717) is 0 Å². The SMILES string of the molecule is CN(C)[C@@H]1C(=O)C(C(N)=O)=C(O)[C@@]2(O)C(=O)C3=C(O)c4c(O)c(N)cc(F)c4C[C@@]3(C)C[C@@H]12.CN(C)[C@@H]1C(=O)C(C(N)=O)=C(O)[C@@]2(O)C(=O)C3=C(O)c4c(O)c(NC(=O)CN5CCCC5)cc(F)c4C[C@@]3(C)C[C@@H]12. The number of anilines is 2. The Morgan fingerprint density at radius 3 is 1.47 bits per heavy atom. The number of aromatic hydroxyl groups is 2. The summed E-state index contributed by atoms with van der Waals surface area (Å²) in [4.78, 5) is 95.4. The number of amides is 3. The molecule has 0 unspecified atom stereocenters. The fourth-order valence-electron chi connectivity index (χ4n) is 12.7. The summed E-state index contributed by atoms with van der Waals surface area (Å²) < 4.78 is 30.3. The Kier molecular flexibility index (Phi) is 12.7. The molecule has 1 aliphatic heterocycles. The van der Waals surface area contributed by atoms with Gasteiger partial charge in [0, 0.05) is 57.1 Å². The fourth-order valence-corrected chi connectivity index (χ4v) is 12.7. The van der Waals surface area contributed by atoms with Crippen LogP contribution in [0, 0.1) is 34.3 Å². The van der Waals surface area contributed by atoms with Crippen LogP contribution in [0.15, 0.2) is 45.9 Å². The van der Waals surface area contributed by atoms with Gasteiger partial charge in [0.25, 0.3) is 11.8 Å². The molecule has 0 aromatic heterocycles. The number of primary amides is 2. The molecule has 1 saturated heterocycles. The van der Waals surface area contributed by atoms with Crippen LogP contribution in [-0.2, 0) is 46.4 Å². The molecule has 0 radical (unpaired) electrons. The van der Waals surface area contributed by atoms with Gasteiger partial charge in [0.15, 0.2) is 28.5 Å². The number of hydrogen-bond acceptors (Lipinski definition) is 19. The first-order valence-electron chi connectivity index (χ1n) is 23.5. The summed E-state index contributed by atoms with van der Waals surface area (Å²) in [6, 6.07) is -0.629. The van der Waals surface area contributed by atoms with Gasteiger partial charge in [-0.05, 0) is 79.8 Å². The molecular formula is C50H57F2N7O15. The molecule has 22 nitrogen and oxygen atoms in total. The van der Waals surface area contributed by atoms with E-state index in [4.69, 9.17) is 17.2 Å². The van der Waals surface area contributed by atoms with Crippen molar-refractivity contribution in [2.24, 2.45) is 34.1 Å². The minimum atomic E-state index is -2.82. The van der Waals surface area contributed by atoms with Crippen LogP contribution in [-0.4, -0.2) is 168 Å². The summed E-state index contributed by atoms with van der Waals surface area (Å²) >= 11 is 0. The quantitative estimate of drug-likeness (QED) is 0.103. The van der Waals surface area contributed by atoms with Gasteiger partial charge in [-0.2, -0.15) is 0 Å². The van der Waals surface area contributed by atoms with Crippen molar-refractivity contribution in [1.82, 2.24) is 14.7 Å². The van der Waals surface area contributed by atoms with Crippen molar-refractivity contribution in [3.8, 4) is 11.5 Å². The molecule has 0 bridgehead atoms. The van der Waals surface area contributed by atoms with Crippen molar-refractivity contribution in [3.05, 3.63) is 79.8 Å². The lowest BCUT2D eigenvalue weighted by Gasteiger charge is -2.53. The smallest absolute Gasteiger partial charge is 0.255 e. The summed E-state index contributed by atoms with van der Waals surface area (Å²) in [5.41, 5.74) is 3.70. The maximum atomic E-state index is 15.5. The maximum Gasteiger partial charge on any atom is 0.255 e. The standard InChI is InChI=1S/C28H33FN4O8.C22H24FN3O7/c1-27-9-12-14(29)8-15(31-16(34)11-33-6-4-5-7-33)21(35)17(12)22(36)19(27)25(39)28(41)13(10-27)20(32(2)3)23(37)18(24(28)38)26(30)40;1-21-5-7-9(23)4-10(24)15(27)11(7)16(28)13(21)19(31)22(33)8(6-21)14(26(2)3)17(29)12(18(22)30)20(25)32/h8,13,20,35-36,38,41H,4-7,9-11H2,1-3H3,(H2,30,40)(H,31,34);4,8,14,27-28,30,33H,5-6,24H2,1-3H3,(H2,25,32)/t13-,20-,27-,28+;8-,14-,21-,22+/m00/s1. The number of aliphatic hydroxyl groups excluding tert-OH is 4. The monoisotopic (exact) mass is 1030 g/mol. The molecule has 2 saturated carbocycles. The molecule has 6 aliphatic carbocycles. The van der Waals surface area contributed by atoms with Crippen LogP contribution >= 0.6 is 0 Å². The Hall–Kier alpha value is -7.25. The second-order valence-corrected chi connectivity index (χ2v) is 21.2. The van der Waals surface area contributed by atoms with Gasteiger partial charge in [-0.15, -0.1) is 0 Å². The Balaban J connectivity index is 0.000000202. The number of aliphatic hydroxyl groups is 6. The maximum absolute atomic E-state index is 15.5. The van der Waals surface area contributed by atoms with Gasteiger partial charge >= 0.3 is 0 Å². The molecule has 2 aromatic carbocycles. The molecule has 74 heavy (non-hydrogen) atoms. The van der Waals surface area contributed by atoms with E-state index in [2.05, 4.69) is 5.32 Å². The Labute approximate surface area is 420 Å². The van der Waals surface area contributed by atoms with Crippen molar-refractivity contribution in [1.29, 1.82) is 0 Å². The van der Waals surface area contributed by atoms with E-state index in [0.717, 1.165) is 38.1 Å². The molecule has 3 amide bonds. The normalized spacial score (nSPS) is 30.6. The molecule has 7 aliphatic rings. The van der Waals surface area contributed by atoms with Gasteiger partial charge in [0.2, 0.25) is 17.5 Å². The van der Waals surface area contributed by atoms with Crippen LogP contribution in [0.1, 0.15) is 61.8 Å². The molecule has 24 heteroatoms. The van der Waals surface area contributed by atoms with E-state index in [1.807, 2.05) is 4.90 Å². The first kappa shape index (κ1) is 53.1. The highest BCUT2D eigenvalue weighted by Crippen LogP contribution is 2.60. The average molecular weight is 1030 g/mol. The topological polar surface area (TPSA) is 381 Å². The molecule has 9 rings (SSSR count). The van der Waals surface area contributed by atoms with Gasteiger partial charge < -0.3 is 63.4 Å². The number of carbonyl (C=O) groups excluding carboxylic acids is 7. The van der Waals surface area contributed by atoms with Crippen LogP contribution in [0.3, 0.4) is 0 Å². The lowest BCUT2D eigenvalue weighted by molar-refractivity contribution is -0.157. The summed E-state index contributed by atoms with van der Waals surface area (Å²) in [6.45, 7) is 4.58. The molecule has 0 spiro atoms. The Morgan fingerprint density at radius 2 is 1.08 bits per heavy atom. The lowest BCUT2D eigenvalue weighted by atomic mass is 9.52. The number of nitrogens with one attached hydrogen (secondary N) is 1. The molecule has 15 N–H and O–H groups in total. The largest absolute Gasteiger partial charge is 0.508 e. The summed E-state index contributed by atoms with van der Waals surface area (Å²) in [5, 5.41) is 91.3. The second kappa shape index (κ2) is 17.7. The number of carbonyl (C=O) groups is 7. The van der Waals surface area contributed by atoms with E-state index in [-0.39, 0.29) is 65.9 Å². The predicted octanol–water partition coefficient (Wildman–Crippen LogP) is 0.603. The van der Waals surface area contributed by atoms with Gasteiger partial charge in [-0.1, -0.05) is 13.8 Å². The zero-order chi connectivity index (χ0) is 55.0. The first-order chi connectivity index (χ1) is 34.3. The van der Waals surface area contributed by atoms with Crippen molar-refractivity contribution < 1.29 is 83.2 Å². The predicted molar refractivity (Wildman–Crippen MR) is 256 cm³/mol. The molecule has 1 heterocycles. The number of nitrogens with zero attached hydrogens (tertiary/aromatic N) is 3.